The minimum absolute atomic E-state index is 0.0231. The zero-order valence-electron chi connectivity index (χ0n) is 28.8. The van der Waals surface area contributed by atoms with Gasteiger partial charge >= 0.3 is 6.09 Å². The number of anilines is 2. The standard InChI is InChI=1S/C36H41ClF3N5O4/c1-18(2)30-31(19(3)12-13-42-30)45-32-22(14-24(39)27(28(32)40)26-23(38)10-9-11-25(26)48-8)33(29(41)34(45)46)44-16-20(4)43(17-21(44)15-37)35(47)49-36(5,6)7/h9-14,18,20-21H,15-17,41H2,1-8H3/t20-,21+/m1/s1. The maximum absolute atomic E-state index is 17.4. The average Bonchev–Trinajstić information content (AvgIpc) is 3.02. The quantitative estimate of drug-likeness (QED) is 0.208. The van der Waals surface area contributed by atoms with E-state index < -0.39 is 57.9 Å². The summed E-state index contributed by atoms with van der Waals surface area (Å²) in [6.07, 6.45) is 1.04. The molecule has 9 nitrogen and oxygen atoms in total. The van der Waals surface area contributed by atoms with Crippen LogP contribution in [0.1, 0.15) is 58.7 Å². The molecule has 3 heterocycles. The number of hydrogen-bond acceptors (Lipinski definition) is 7. The van der Waals surface area contributed by atoms with Crippen LogP contribution >= 0.6 is 11.6 Å². The molecular formula is C36H41ClF3N5O4. The third-order valence-electron chi connectivity index (χ3n) is 8.66. The number of halogens is 4. The van der Waals surface area contributed by atoms with E-state index in [-0.39, 0.29) is 58.6 Å². The van der Waals surface area contributed by atoms with Gasteiger partial charge in [0.05, 0.1) is 46.9 Å². The minimum Gasteiger partial charge on any atom is -0.496 e. The zero-order valence-corrected chi connectivity index (χ0v) is 29.6. The van der Waals surface area contributed by atoms with Crippen molar-refractivity contribution in [1.82, 2.24) is 14.5 Å². The molecule has 1 amide bonds. The van der Waals surface area contributed by atoms with Gasteiger partial charge in [0.15, 0.2) is 5.82 Å². The number of amides is 1. The van der Waals surface area contributed by atoms with Gasteiger partial charge < -0.3 is 25.0 Å². The number of hydrogen-bond donors (Lipinski definition) is 1. The Morgan fingerprint density at radius 2 is 1.80 bits per heavy atom. The Balaban J connectivity index is 1.88. The molecule has 5 rings (SSSR count). The first-order chi connectivity index (χ1) is 23.0. The van der Waals surface area contributed by atoms with Crippen molar-refractivity contribution < 1.29 is 27.4 Å². The fourth-order valence-electron chi connectivity index (χ4n) is 6.45. The Morgan fingerprint density at radius 3 is 2.41 bits per heavy atom. The number of carbonyl (C=O) groups is 1. The summed E-state index contributed by atoms with van der Waals surface area (Å²) in [7, 11) is 1.27. The van der Waals surface area contributed by atoms with Gasteiger partial charge in [0, 0.05) is 36.6 Å². The third-order valence-corrected chi connectivity index (χ3v) is 9.02. The number of fused-ring (bicyclic) bond motifs is 1. The highest BCUT2D eigenvalue weighted by atomic mass is 35.5. The van der Waals surface area contributed by atoms with E-state index >= 15 is 13.2 Å². The third kappa shape index (κ3) is 6.38. The maximum Gasteiger partial charge on any atom is 0.410 e. The Labute approximate surface area is 288 Å². The Hall–Kier alpha value is -4.45. The molecule has 13 heteroatoms. The number of methoxy groups -OCH3 is 1. The van der Waals surface area contributed by atoms with Crippen LogP contribution in [0.4, 0.5) is 29.3 Å². The first-order valence-corrected chi connectivity index (χ1v) is 16.5. The van der Waals surface area contributed by atoms with Crippen LogP contribution in [-0.2, 0) is 4.74 Å². The number of nitrogen functional groups attached to an aromatic ring is 1. The second kappa shape index (κ2) is 13.5. The van der Waals surface area contributed by atoms with Gasteiger partial charge in [-0.25, -0.2) is 18.0 Å². The molecule has 2 atom stereocenters. The van der Waals surface area contributed by atoms with E-state index in [1.54, 1.807) is 51.8 Å². The van der Waals surface area contributed by atoms with Crippen LogP contribution in [0.15, 0.2) is 41.3 Å². The molecule has 1 saturated heterocycles. The summed E-state index contributed by atoms with van der Waals surface area (Å²) in [6, 6.07) is 5.45. The molecule has 1 aliphatic heterocycles. The van der Waals surface area contributed by atoms with Crippen molar-refractivity contribution in [3.05, 3.63) is 75.6 Å². The first-order valence-electron chi connectivity index (χ1n) is 16.0. The minimum atomic E-state index is -1.20. The summed E-state index contributed by atoms with van der Waals surface area (Å²) in [5, 5.41) is -0.0443. The summed E-state index contributed by atoms with van der Waals surface area (Å²) in [5.74, 6) is -3.56. The average molecular weight is 700 g/mol. The van der Waals surface area contributed by atoms with Gasteiger partial charge in [0.1, 0.15) is 28.7 Å². The second-order valence-corrected chi connectivity index (χ2v) is 13.9. The Kier molecular flexibility index (Phi) is 9.84. The van der Waals surface area contributed by atoms with E-state index in [2.05, 4.69) is 4.98 Å². The van der Waals surface area contributed by atoms with Gasteiger partial charge in [-0.05, 0) is 70.4 Å². The number of pyridine rings is 2. The predicted octanol–water partition coefficient (Wildman–Crippen LogP) is 7.55. The number of ether oxygens (including phenoxy) is 2. The van der Waals surface area contributed by atoms with E-state index in [4.69, 9.17) is 26.8 Å². The van der Waals surface area contributed by atoms with Gasteiger partial charge in [0.25, 0.3) is 5.56 Å². The van der Waals surface area contributed by atoms with Crippen molar-refractivity contribution in [2.45, 2.75) is 72.1 Å². The number of carbonyl (C=O) groups excluding carboxylic acids is 1. The molecule has 0 aliphatic carbocycles. The number of aryl methyl sites for hydroxylation is 1. The SMILES string of the molecule is COc1cccc(F)c1-c1c(F)cc2c(N3C[C@@H](C)N(C(=O)OC(C)(C)C)C[C@@H]3CCl)c(N)c(=O)n(-c3c(C)ccnc3C(C)C)c2c1F. The molecule has 2 aromatic carbocycles. The van der Waals surface area contributed by atoms with E-state index in [0.717, 1.165) is 16.7 Å². The Bertz CT molecular complexity index is 2000. The molecule has 0 spiro atoms. The largest absolute Gasteiger partial charge is 0.496 e. The lowest BCUT2D eigenvalue weighted by molar-refractivity contribution is 0.0132. The van der Waals surface area contributed by atoms with Crippen molar-refractivity contribution in [1.29, 1.82) is 0 Å². The Morgan fingerprint density at radius 1 is 1.10 bits per heavy atom. The lowest BCUT2D eigenvalue weighted by Crippen LogP contribution is -2.60. The van der Waals surface area contributed by atoms with Gasteiger partial charge in [-0.1, -0.05) is 19.9 Å². The molecule has 262 valence electrons. The topological polar surface area (TPSA) is 103 Å². The summed E-state index contributed by atoms with van der Waals surface area (Å²) in [6.45, 7) is 12.7. The fraction of sp³-hybridized carbons (Fsp3) is 0.417. The lowest BCUT2D eigenvalue weighted by atomic mass is 9.97. The fourth-order valence-corrected chi connectivity index (χ4v) is 6.71. The number of aromatic nitrogens is 2. The summed E-state index contributed by atoms with van der Waals surface area (Å²) in [4.78, 5) is 35.5. The normalized spacial score (nSPS) is 16.8. The van der Waals surface area contributed by atoms with E-state index in [0.29, 0.717) is 11.3 Å². The number of nitrogens with zero attached hydrogens (tertiary/aromatic N) is 4. The van der Waals surface area contributed by atoms with Gasteiger partial charge in [-0.3, -0.25) is 14.3 Å². The molecule has 0 bridgehead atoms. The van der Waals surface area contributed by atoms with Gasteiger partial charge in [0.2, 0.25) is 0 Å². The second-order valence-electron chi connectivity index (χ2n) is 13.6. The van der Waals surface area contributed by atoms with Crippen LogP contribution < -0.4 is 20.9 Å². The molecule has 0 radical (unpaired) electrons. The summed E-state index contributed by atoms with van der Waals surface area (Å²) >= 11 is 6.48. The number of piperazine rings is 1. The van der Waals surface area contributed by atoms with Crippen LogP contribution in [0, 0.1) is 24.4 Å². The van der Waals surface area contributed by atoms with Crippen molar-refractivity contribution in [3.8, 4) is 22.6 Å². The van der Waals surface area contributed by atoms with Crippen molar-refractivity contribution in [3.63, 3.8) is 0 Å². The number of benzene rings is 2. The van der Waals surface area contributed by atoms with Crippen LogP contribution in [0.2, 0.25) is 0 Å². The molecule has 2 N–H and O–H groups in total. The lowest BCUT2D eigenvalue weighted by Gasteiger charge is -2.46. The highest BCUT2D eigenvalue weighted by Crippen LogP contribution is 2.44. The molecular weight excluding hydrogens is 659 g/mol. The van der Waals surface area contributed by atoms with Crippen LogP contribution in [0.3, 0.4) is 0 Å². The molecule has 0 unspecified atom stereocenters. The zero-order chi connectivity index (χ0) is 36.1. The van der Waals surface area contributed by atoms with Crippen LogP contribution in [0.25, 0.3) is 27.7 Å². The van der Waals surface area contributed by atoms with Crippen LogP contribution in [0.5, 0.6) is 5.75 Å². The highest BCUT2D eigenvalue weighted by molar-refractivity contribution is 6.18. The predicted molar refractivity (Wildman–Crippen MR) is 187 cm³/mol. The van der Waals surface area contributed by atoms with Crippen LogP contribution in [-0.4, -0.2) is 64.3 Å². The molecule has 49 heavy (non-hydrogen) atoms. The van der Waals surface area contributed by atoms with E-state index in [1.807, 2.05) is 13.8 Å². The van der Waals surface area contributed by atoms with E-state index in [1.165, 1.54) is 24.1 Å². The molecule has 4 aromatic rings. The molecule has 1 aliphatic rings. The van der Waals surface area contributed by atoms with Crippen molar-refractivity contribution in [2.75, 3.05) is 36.7 Å². The van der Waals surface area contributed by atoms with Gasteiger partial charge in [-0.2, -0.15) is 0 Å². The highest BCUT2D eigenvalue weighted by Gasteiger charge is 2.39. The first kappa shape index (κ1) is 35.8. The smallest absolute Gasteiger partial charge is 0.410 e. The monoisotopic (exact) mass is 699 g/mol. The number of alkyl halides is 1. The van der Waals surface area contributed by atoms with Crippen molar-refractivity contribution >= 4 is 40.0 Å². The molecule has 0 saturated carbocycles. The molecule has 1 fully saturated rings. The number of rotatable bonds is 6. The maximum atomic E-state index is 17.4. The summed E-state index contributed by atoms with van der Waals surface area (Å²) < 4.78 is 61.2. The number of nitrogens with two attached hydrogens (primary N) is 1. The van der Waals surface area contributed by atoms with Gasteiger partial charge in [-0.15, -0.1) is 11.6 Å². The van der Waals surface area contributed by atoms with E-state index in [9.17, 15) is 9.59 Å². The molecule has 2 aromatic heterocycles. The summed E-state index contributed by atoms with van der Waals surface area (Å²) in [5.41, 5.74) is 4.77. The van der Waals surface area contributed by atoms with Crippen molar-refractivity contribution in [2.24, 2.45) is 0 Å².